The third kappa shape index (κ3) is 3.65. The molecule has 0 saturated heterocycles. The summed E-state index contributed by atoms with van der Waals surface area (Å²) in [6.45, 7) is 5.64. The van der Waals surface area contributed by atoms with E-state index in [1.807, 2.05) is 47.4 Å². The van der Waals surface area contributed by atoms with E-state index in [1.165, 1.54) is 0 Å². The lowest BCUT2D eigenvalue weighted by atomic mass is 9.96. The van der Waals surface area contributed by atoms with E-state index in [9.17, 15) is 4.79 Å². The van der Waals surface area contributed by atoms with Gasteiger partial charge in [-0.05, 0) is 30.5 Å². The van der Waals surface area contributed by atoms with Gasteiger partial charge in [-0.15, -0.1) is 0 Å². The predicted molar refractivity (Wildman–Crippen MR) is 114 cm³/mol. The van der Waals surface area contributed by atoms with Gasteiger partial charge in [-0.1, -0.05) is 62.7 Å². The van der Waals surface area contributed by atoms with Gasteiger partial charge in [0.05, 0.1) is 18.3 Å². The number of fused-ring (bicyclic) bond motifs is 1. The van der Waals surface area contributed by atoms with Crippen LogP contribution in [0.5, 0.6) is 5.75 Å². The van der Waals surface area contributed by atoms with Crippen molar-refractivity contribution in [3.05, 3.63) is 71.4 Å². The molecular formula is C24H27N3O2. The lowest BCUT2D eigenvalue weighted by Gasteiger charge is -2.26. The summed E-state index contributed by atoms with van der Waals surface area (Å²) in [4.78, 5) is 15.1. The van der Waals surface area contributed by atoms with Crippen LogP contribution in [-0.4, -0.2) is 34.2 Å². The second-order valence-corrected chi connectivity index (χ2v) is 7.40. The summed E-state index contributed by atoms with van der Waals surface area (Å²) in [5, 5.41) is 7.51. The first-order valence-corrected chi connectivity index (χ1v) is 10.4. The summed E-state index contributed by atoms with van der Waals surface area (Å²) in [6.07, 6.45) is 3.02. The fourth-order valence-corrected chi connectivity index (χ4v) is 3.94. The first-order chi connectivity index (χ1) is 14.2. The van der Waals surface area contributed by atoms with Gasteiger partial charge in [-0.2, -0.15) is 5.10 Å². The summed E-state index contributed by atoms with van der Waals surface area (Å²) in [6, 6.07) is 18.0. The van der Waals surface area contributed by atoms with Crippen LogP contribution >= 0.6 is 0 Å². The Morgan fingerprint density at radius 3 is 2.66 bits per heavy atom. The number of ether oxygens (including phenoxy) is 1. The molecule has 0 spiro atoms. The van der Waals surface area contributed by atoms with Crippen molar-refractivity contribution in [2.75, 3.05) is 13.2 Å². The van der Waals surface area contributed by atoms with Gasteiger partial charge in [0.2, 0.25) is 0 Å². The summed E-state index contributed by atoms with van der Waals surface area (Å²) >= 11 is 0. The van der Waals surface area contributed by atoms with E-state index >= 15 is 0 Å². The molecule has 1 aromatic heterocycles. The van der Waals surface area contributed by atoms with Crippen molar-refractivity contribution in [3.63, 3.8) is 0 Å². The molecule has 1 unspecified atom stereocenters. The van der Waals surface area contributed by atoms with E-state index in [0.717, 1.165) is 47.4 Å². The van der Waals surface area contributed by atoms with Gasteiger partial charge in [0.25, 0.3) is 5.91 Å². The van der Waals surface area contributed by atoms with Crippen molar-refractivity contribution < 1.29 is 9.53 Å². The molecule has 0 bridgehead atoms. The van der Waals surface area contributed by atoms with Crippen molar-refractivity contribution >= 4 is 5.91 Å². The first-order valence-electron chi connectivity index (χ1n) is 10.4. The van der Waals surface area contributed by atoms with E-state index in [4.69, 9.17) is 4.74 Å². The van der Waals surface area contributed by atoms with Crippen molar-refractivity contribution in [1.82, 2.24) is 15.1 Å². The van der Waals surface area contributed by atoms with E-state index in [1.54, 1.807) is 0 Å². The number of aromatic amines is 1. The molecule has 5 nitrogen and oxygen atoms in total. The van der Waals surface area contributed by atoms with Gasteiger partial charge < -0.3 is 9.64 Å². The number of hydrogen-bond donors (Lipinski definition) is 1. The highest BCUT2D eigenvalue weighted by Crippen LogP contribution is 2.43. The zero-order valence-electron chi connectivity index (χ0n) is 17.0. The number of rotatable bonds is 8. The predicted octanol–water partition coefficient (Wildman–Crippen LogP) is 5.21. The molecular weight excluding hydrogens is 362 g/mol. The van der Waals surface area contributed by atoms with Gasteiger partial charge in [-0.3, -0.25) is 9.89 Å². The number of benzene rings is 2. The zero-order chi connectivity index (χ0) is 20.2. The highest BCUT2D eigenvalue weighted by atomic mass is 16.5. The Bertz CT molecular complexity index is 981. The molecule has 4 rings (SSSR count). The minimum Gasteiger partial charge on any atom is -0.494 e. The lowest BCUT2D eigenvalue weighted by Crippen LogP contribution is -2.30. The maximum atomic E-state index is 13.1. The molecule has 1 aliphatic rings. The van der Waals surface area contributed by atoms with Crippen LogP contribution in [0.1, 0.15) is 60.8 Å². The molecule has 0 radical (unpaired) electrons. The van der Waals surface area contributed by atoms with Crippen LogP contribution in [0.3, 0.4) is 0 Å². The SMILES string of the molecule is CCCCOc1cccc(C2c3c(-c4ccccc4)n[nH]c3C(=O)N2CCC)c1. The molecule has 2 aromatic carbocycles. The van der Waals surface area contributed by atoms with E-state index in [-0.39, 0.29) is 11.9 Å². The molecule has 0 aliphatic carbocycles. The minimum atomic E-state index is -0.166. The third-order valence-corrected chi connectivity index (χ3v) is 5.32. The molecule has 150 valence electrons. The Hall–Kier alpha value is -3.08. The quantitative estimate of drug-likeness (QED) is 0.538. The number of aromatic nitrogens is 2. The highest BCUT2D eigenvalue weighted by molar-refractivity contribution is 6.00. The molecule has 0 fully saturated rings. The smallest absolute Gasteiger partial charge is 0.273 e. The normalized spacial score (nSPS) is 15.6. The Balaban J connectivity index is 1.77. The maximum absolute atomic E-state index is 13.1. The van der Waals surface area contributed by atoms with Gasteiger partial charge >= 0.3 is 0 Å². The topological polar surface area (TPSA) is 58.2 Å². The summed E-state index contributed by atoms with van der Waals surface area (Å²) in [7, 11) is 0. The van der Waals surface area contributed by atoms with Gasteiger partial charge in [-0.25, -0.2) is 0 Å². The fourth-order valence-electron chi connectivity index (χ4n) is 3.94. The minimum absolute atomic E-state index is 0.0128. The Labute approximate surface area is 171 Å². The van der Waals surface area contributed by atoms with Crippen molar-refractivity contribution in [1.29, 1.82) is 0 Å². The second kappa shape index (κ2) is 8.52. The van der Waals surface area contributed by atoms with E-state index < -0.39 is 0 Å². The number of H-pyrrole nitrogens is 1. The number of nitrogens with zero attached hydrogens (tertiary/aromatic N) is 2. The van der Waals surface area contributed by atoms with Gasteiger partial charge in [0, 0.05) is 17.7 Å². The van der Waals surface area contributed by atoms with Crippen LogP contribution in [0.25, 0.3) is 11.3 Å². The second-order valence-electron chi connectivity index (χ2n) is 7.40. The molecule has 1 N–H and O–H groups in total. The van der Waals surface area contributed by atoms with E-state index in [2.05, 4.69) is 36.2 Å². The van der Waals surface area contributed by atoms with Crippen molar-refractivity contribution in [2.24, 2.45) is 0 Å². The maximum Gasteiger partial charge on any atom is 0.273 e. The molecule has 29 heavy (non-hydrogen) atoms. The van der Waals surface area contributed by atoms with Gasteiger partial charge in [0.15, 0.2) is 0 Å². The Morgan fingerprint density at radius 2 is 1.90 bits per heavy atom. The third-order valence-electron chi connectivity index (χ3n) is 5.32. The average Bonchev–Trinajstić information content (AvgIpc) is 3.29. The molecule has 1 atom stereocenters. The van der Waals surface area contributed by atoms with Crippen molar-refractivity contribution in [3.8, 4) is 17.0 Å². The highest BCUT2D eigenvalue weighted by Gasteiger charge is 2.41. The van der Waals surface area contributed by atoms with Crippen LogP contribution in [-0.2, 0) is 0 Å². The van der Waals surface area contributed by atoms with Crippen LogP contribution < -0.4 is 4.74 Å². The van der Waals surface area contributed by atoms with Crippen LogP contribution in [0, 0.1) is 0 Å². The first kappa shape index (κ1) is 19.2. The number of carbonyl (C=O) groups excluding carboxylic acids is 1. The molecule has 2 heterocycles. The van der Waals surface area contributed by atoms with Gasteiger partial charge in [0.1, 0.15) is 11.4 Å². The fraction of sp³-hybridized carbons (Fsp3) is 0.333. The van der Waals surface area contributed by atoms with E-state index in [0.29, 0.717) is 18.8 Å². The number of amides is 1. The molecule has 5 heteroatoms. The molecule has 1 aliphatic heterocycles. The lowest BCUT2D eigenvalue weighted by molar-refractivity contribution is 0.0743. The molecule has 0 saturated carbocycles. The largest absolute Gasteiger partial charge is 0.494 e. The monoisotopic (exact) mass is 389 g/mol. The number of hydrogen-bond acceptors (Lipinski definition) is 3. The standard InChI is InChI=1S/C24H27N3O2/c1-3-5-15-29-19-13-9-12-18(16-19)23-20-21(17-10-7-6-8-11-17)25-26-22(20)24(28)27(23)14-4-2/h6-13,16,23H,3-5,14-15H2,1-2H3,(H,25,26). The zero-order valence-corrected chi connectivity index (χ0v) is 17.0. The molecule has 1 amide bonds. The summed E-state index contributed by atoms with van der Waals surface area (Å²) in [5.74, 6) is 0.858. The summed E-state index contributed by atoms with van der Waals surface area (Å²) in [5.41, 5.74) is 4.46. The Kier molecular flexibility index (Phi) is 5.65. The Morgan fingerprint density at radius 1 is 1.07 bits per heavy atom. The number of unbranched alkanes of at least 4 members (excludes halogenated alkanes) is 1. The van der Waals surface area contributed by atoms with Crippen LogP contribution in [0.15, 0.2) is 54.6 Å². The number of nitrogens with one attached hydrogen (secondary N) is 1. The summed E-state index contributed by atoms with van der Waals surface area (Å²) < 4.78 is 5.93. The van der Waals surface area contributed by atoms with Crippen LogP contribution in [0.2, 0.25) is 0 Å². The average molecular weight is 389 g/mol. The van der Waals surface area contributed by atoms with Crippen LogP contribution in [0.4, 0.5) is 0 Å². The van der Waals surface area contributed by atoms with Crippen molar-refractivity contribution in [2.45, 2.75) is 39.2 Å². The molecule has 3 aromatic rings. The number of carbonyl (C=O) groups is 1.